The molecule has 4 heteroatoms. The van der Waals surface area contributed by atoms with E-state index in [0.717, 1.165) is 6.54 Å². The van der Waals surface area contributed by atoms with Crippen LogP contribution in [-0.4, -0.2) is 43.2 Å². The zero-order valence-electron chi connectivity index (χ0n) is 7.45. The maximum absolute atomic E-state index is 11.4. The Morgan fingerprint density at radius 1 is 1.75 bits per heavy atom. The largest absolute Gasteiger partial charge is 0.379 e. The van der Waals surface area contributed by atoms with Crippen LogP contribution >= 0.6 is 0 Å². The lowest BCUT2D eigenvalue weighted by Crippen LogP contribution is -2.45. The molecule has 1 atom stereocenters. The molecular weight excluding hydrogens is 156 g/mol. The first-order valence-electron chi connectivity index (χ1n) is 4.36. The van der Waals surface area contributed by atoms with Gasteiger partial charge in [0.25, 0.3) is 0 Å². The third-order valence-electron chi connectivity index (χ3n) is 2.14. The lowest BCUT2D eigenvalue weighted by molar-refractivity contribution is -0.132. The molecule has 1 aliphatic heterocycles. The quantitative estimate of drug-likeness (QED) is 0.615. The second-order valence-corrected chi connectivity index (χ2v) is 2.89. The maximum Gasteiger partial charge on any atom is 0.225 e. The van der Waals surface area contributed by atoms with Crippen molar-refractivity contribution >= 4 is 5.91 Å². The van der Waals surface area contributed by atoms with Crippen LogP contribution in [0.4, 0.5) is 0 Å². The van der Waals surface area contributed by atoms with E-state index in [0.29, 0.717) is 26.2 Å². The average Bonchev–Trinajstić information content (AvgIpc) is 2.26. The first-order chi connectivity index (χ1) is 5.79. The van der Waals surface area contributed by atoms with Crippen LogP contribution < -0.4 is 5.73 Å². The molecule has 1 unspecified atom stereocenters. The number of hydrogen-bond donors (Lipinski definition) is 1. The van der Waals surface area contributed by atoms with Gasteiger partial charge in [0.15, 0.2) is 0 Å². The Labute approximate surface area is 72.7 Å². The van der Waals surface area contributed by atoms with Crippen molar-refractivity contribution in [2.24, 2.45) is 5.73 Å². The molecule has 0 aromatic heterocycles. The normalized spacial score (nSPS) is 25.7. The van der Waals surface area contributed by atoms with E-state index >= 15 is 0 Å². The molecule has 70 valence electrons. The molecule has 2 N–H and O–H groups in total. The first kappa shape index (κ1) is 9.48. The highest BCUT2D eigenvalue weighted by atomic mass is 16.5. The Morgan fingerprint density at radius 3 is 3.08 bits per heavy atom. The Morgan fingerprint density at radius 2 is 2.50 bits per heavy atom. The lowest BCUT2D eigenvalue weighted by atomic mass is 10.2. The summed E-state index contributed by atoms with van der Waals surface area (Å²) in [6.07, 6.45) is 0.490. The third kappa shape index (κ3) is 1.95. The topological polar surface area (TPSA) is 55.6 Å². The van der Waals surface area contributed by atoms with Gasteiger partial charge in [-0.05, 0) is 6.92 Å². The molecule has 1 aliphatic rings. The van der Waals surface area contributed by atoms with Crippen LogP contribution in [0.1, 0.15) is 13.3 Å². The number of amides is 1. The van der Waals surface area contributed by atoms with Gasteiger partial charge in [0.1, 0.15) is 0 Å². The fraction of sp³-hybridized carbons (Fsp3) is 0.875. The van der Waals surface area contributed by atoms with Crippen LogP contribution in [-0.2, 0) is 9.53 Å². The van der Waals surface area contributed by atoms with E-state index in [9.17, 15) is 4.79 Å². The number of carbonyl (C=O) groups is 1. The van der Waals surface area contributed by atoms with Crippen LogP contribution in [0.15, 0.2) is 0 Å². The molecule has 1 saturated heterocycles. The van der Waals surface area contributed by atoms with Crippen molar-refractivity contribution in [1.29, 1.82) is 0 Å². The first-order valence-corrected chi connectivity index (χ1v) is 4.36. The number of likely N-dealkylation sites (N-methyl/N-ethyl adjacent to an activating group) is 1. The number of nitrogens with zero attached hydrogens (tertiary/aromatic N) is 1. The predicted molar refractivity (Wildman–Crippen MR) is 45.7 cm³/mol. The van der Waals surface area contributed by atoms with Gasteiger partial charge in [-0.15, -0.1) is 0 Å². The van der Waals surface area contributed by atoms with Crippen LogP contribution in [0.3, 0.4) is 0 Å². The van der Waals surface area contributed by atoms with Crippen molar-refractivity contribution in [3.63, 3.8) is 0 Å². The van der Waals surface area contributed by atoms with Crippen LogP contribution in [0.2, 0.25) is 0 Å². The van der Waals surface area contributed by atoms with Gasteiger partial charge < -0.3 is 15.4 Å². The highest BCUT2D eigenvalue weighted by Crippen LogP contribution is 2.06. The van der Waals surface area contributed by atoms with Crippen molar-refractivity contribution in [2.75, 3.05) is 26.3 Å². The van der Waals surface area contributed by atoms with Crippen molar-refractivity contribution in [3.8, 4) is 0 Å². The molecular formula is C8H16N2O2. The summed E-state index contributed by atoms with van der Waals surface area (Å²) < 4.78 is 5.26. The second-order valence-electron chi connectivity index (χ2n) is 2.89. The molecule has 1 rings (SSSR count). The van der Waals surface area contributed by atoms with E-state index in [1.807, 2.05) is 6.92 Å². The highest BCUT2D eigenvalue weighted by molar-refractivity contribution is 5.76. The van der Waals surface area contributed by atoms with E-state index in [1.54, 1.807) is 4.90 Å². The number of hydrogen-bond acceptors (Lipinski definition) is 3. The van der Waals surface area contributed by atoms with Crippen molar-refractivity contribution in [2.45, 2.75) is 19.4 Å². The summed E-state index contributed by atoms with van der Waals surface area (Å²) in [5.74, 6) is 0.158. The minimum Gasteiger partial charge on any atom is -0.379 e. The molecule has 0 aliphatic carbocycles. The predicted octanol–water partition coefficient (Wildman–Crippen LogP) is -0.417. The van der Waals surface area contributed by atoms with Gasteiger partial charge in [0.05, 0.1) is 25.7 Å². The zero-order valence-corrected chi connectivity index (χ0v) is 7.45. The number of nitrogens with two attached hydrogens (primary N) is 1. The smallest absolute Gasteiger partial charge is 0.225 e. The molecule has 0 aromatic carbocycles. The Kier molecular flexibility index (Phi) is 3.49. The summed E-state index contributed by atoms with van der Waals surface area (Å²) in [5, 5.41) is 0. The second kappa shape index (κ2) is 4.42. The van der Waals surface area contributed by atoms with E-state index in [2.05, 4.69) is 0 Å². The van der Waals surface area contributed by atoms with Crippen LogP contribution in [0.5, 0.6) is 0 Å². The average molecular weight is 172 g/mol. The van der Waals surface area contributed by atoms with Gasteiger partial charge in [-0.25, -0.2) is 0 Å². The SMILES string of the molecule is CCN1C(=O)CCOCC1CN. The maximum atomic E-state index is 11.4. The fourth-order valence-corrected chi connectivity index (χ4v) is 1.45. The van der Waals surface area contributed by atoms with Crippen molar-refractivity contribution < 1.29 is 9.53 Å². The Balaban J connectivity index is 2.62. The summed E-state index contributed by atoms with van der Waals surface area (Å²) in [6, 6.07) is 0.0741. The van der Waals surface area contributed by atoms with Crippen LogP contribution in [0.25, 0.3) is 0 Å². The van der Waals surface area contributed by atoms with Gasteiger partial charge in [0, 0.05) is 13.1 Å². The van der Waals surface area contributed by atoms with E-state index in [-0.39, 0.29) is 11.9 Å². The number of rotatable bonds is 2. The van der Waals surface area contributed by atoms with Gasteiger partial charge in [0.2, 0.25) is 5.91 Å². The summed E-state index contributed by atoms with van der Waals surface area (Å²) >= 11 is 0. The third-order valence-corrected chi connectivity index (χ3v) is 2.14. The monoisotopic (exact) mass is 172 g/mol. The molecule has 0 spiro atoms. The molecule has 0 aromatic rings. The number of carbonyl (C=O) groups excluding carboxylic acids is 1. The van der Waals surface area contributed by atoms with Gasteiger partial charge in [-0.3, -0.25) is 4.79 Å². The Hall–Kier alpha value is -0.610. The molecule has 0 bridgehead atoms. The molecule has 4 nitrogen and oxygen atoms in total. The van der Waals surface area contributed by atoms with Gasteiger partial charge in [-0.1, -0.05) is 0 Å². The molecule has 12 heavy (non-hydrogen) atoms. The summed E-state index contributed by atoms with van der Waals surface area (Å²) in [6.45, 7) is 4.29. The summed E-state index contributed by atoms with van der Waals surface area (Å²) in [5.41, 5.74) is 5.53. The van der Waals surface area contributed by atoms with E-state index in [4.69, 9.17) is 10.5 Å². The van der Waals surface area contributed by atoms with E-state index < -0.39 is 0 Å². The van der Waals surface area contributed by atoms with Gasteiger partial charge in [-0.2, -0.15) is 0 Å². The van der Waals surface area contributed by atoms with Crippen molar-refractivity contribution in [1.82, 2.24) is 4.90 Å². The molecule has 0 radical (unpaired) electrons. The summed E-state index contributed by atoms with van der Waals surface area (Å²) in [4.78, 5) is 13.2. The minimum atomic E-state index is 0.0741. The highest BCUT2D eigenvalue weighted by Gasteiger charge is 2.23. The van der Waals surface area contributed by atoms with E-state index in [1.165, 1.54) is 0 Å². The zero-order chi connectivity index (χ0) is 8.97. The number of ether oxygens (including phenoxy) is 1. The molecule has 1 fully saturated rings. The minimum absolute atomic E-state index is 0.0741. The standard InChI is InChI=1S/C8H16N2O2/c1-2-10-7(5-9)6-12-4-3-8(10)11/h7H,2-6,9H2,1H3. The Bertz CT molecular complexity index is 161. The van der Waals surface area contributed by atoms with Gasteiger partial charge >= 0.3 is 0 Å². The van der Waals surface area contributed by atoms with Crippen molar-refractivity contribution in [3.05, 3.63) is 0 Å². The molecule has 1 heterocycles. The lowest BCUT2D eigenvalue weighted by Gasteiger charge is -2.26. The molecule has 1 amide bonds. The van der Waals surface area contributed by atoms with Crippen LogP contribution in [0, 0.1) is 0 Å². The summed E-state index contributed by atoms with van der Waals surface area (Å²) in [7, 11) is 0. The molecule has 0 saturated carbocycles. The fourth-order valence-electron chi connectivity index (χ4n) is 1.45.